The van der Waals surface area contributed by atoms with Crippen LogP contribution in [0.25, 0.3) is 11.5 Å². The van der Waals surface area contributed by atoms with Crippen LogP contribution < -0.4 is 5.73 Å². The van der Waals surface area contributed by atoms with Crippen molar-refractivity contribution in [3.05, 3.63) is 23.4 Å². The van der Waals surface area contributed by atoms with Gasteiger partial charge in [-0.3, -0.25) is 0 Å². The highest BCUT2D eigenvalue weighted by Gasteiger charge is 2.29. The summed E-state index contributed by atoms with van der Waals surface area (Å²) in [6.45, 7) is 9.78. The van der Waals surface area contributed by atoms with Crippen LogP contribution in [0.1, 0.15) is 38.1 Å². The van der Waals surface area contributed by atoms with Crippen LogP contribution in [0, 0.1) is 13.8 Å². The average Bonchev–Trinajstić information content (AvgIpc) is 2.93. The van der Waals surface area contributed by atoms with Crippen molar-refractivity contribution < 1.29 is 13.7 Å². The molecule has 0 spiro atoms. The van der Waals surface area contributed by atoms with E-state index in [2.05, 4.69) is 10.1 Å². The summed E-state index contributed by atoms with van der Waals surface area (Å²) in [5.74, 6) is 2.38. The Balaban J connectivity index is 2.22. The monoisotopic (exact) mass is 279 g/mol. The maximum Gasteiger partial charge on any atom is 0.261 e. The van der Waals surface area contributed by atoms with E-state index in [0.717, 1.165) is 17.1 Å². The average molecular weight is 279 g/mol. The van der Waals surface area contributed by atoms with Crippen LogP contribution in [0.15, 0.2) is 15.0 Å². The largest absolute Gasteiger partial charge is 0.466 e. The Morgan fingerprint density at radius 2 is 2.10 bits per heavy atom. The predicted octanol–water partition coefficient (Wildman–Crippen LogP) is 2.55. The van der Waals surface area contributed by atoms with Crippen LogP contribution in [-0.2, 0) is 10.3 Å². The Bertz CT molecular complexity index is 584. The number of nitrogens with two attached hydrogens (primary N) is 1. The van der Waals surface area contributed by atoms with Gasteiger partial charge in [0.25, 0.3) is 5.89 Å². The van der Waals surface area contributed by atoms with Crippen LogP contribution in [0.2, 0.25) is 0 Å². The fourth-order valence-electron chi connectivity index (χ4n) is 1.81. The van der Waals surface area contributed by atoms with E-state index in [1.54, 1.807) is 0 Å². The molecule has 0 aliphatic carbocycles. The lowest BCUT2D eigenvalue weighted by molar-refractivity contribution is 0.0410. The summed E-state index contributed by atoms with van der Waals surface area (Å²) >= 11 is 0. The fraction of sp³-hybridized carbons (Fsp3) is 0.571. The summed E-state index contributed by atoms with van der Waals surface area (Å²) < 4.78 is 16.3. The van der Waals surface area contributed by atoms with Gasteiger partial charge in [-0.05, 0) is 40.7 Å². The lowest BCUT2D eigenvalue weighted by atomic mass is 10.1. The molecule has 6 nitrogen and oxygen atoms in total. The summed E-state index contributed by atoms with van der Waals surface area (Å²) in [7, 11) is 0. The van der Waals surface area contributed by atoms with E-state index in [-0.39, 0.29) is 6.10 Å². The van der Waals surface area contributed by atoms with E-state index in [9.17, 15) is 0 Å². The van der Waals surface area contributed by atoms with Crippen molar-refractivity contribution in [2.24, 2.45) is 5.73 Å². The first-order valence-electron chi connectivity index (χ1n) is 6.61. The third-order valence-electron chi connectivity index (χ3n) is 2.92. The molecule has 1 unspecified atom stereocenters. The molecule has 2 N–H and O–H groups in total. The zero-order valence-corrected chi connectivity index (χ0v) is 12.6. The van der Waals surface area contributed by atoms with E-state index in [1.807, 2.05) is 40.7 Å². The normalized spacial score (nSPS) is 14.8. The number of furan rings is 1. The second kappa shape index (κ2) is 5.38. The van der Waals surface area contributed by atoms with Crippen LogP contribution >= 0.6 is 0 Å². The van der Waals surface area contributed by atoms with E-state index in [1.165, 1.54) is 0 Å². The molecule has 0 bridgehead atoms. The van der Waals surface area contributed by atoms with Crippen molar-refractivity contribution in [2.45, 2.75) is 46.3 Å². The highest BCUT2D eigenvalue weighted by atomic mass is 16.5. The standard InChI is InChI=1S/C14H21N3O3/c1-8(2)18-7-14(5,15)13-16-12(20-17-13)11-6-9(3)19-10(11)4/h6,8H,7,15H2,1-5H3. The lowest BCUT2D eigenvalue weighted by Crippen LogP contribution is -2.40. The zero-order chi connectivity index (χ0) is 14.9. The Morgan fingerprint density at radius 1 is 1.40 bits per heavy atom. The van der Waals surface area contributed by atoms with Crippen LogP contribution in [0.3, 0.4) is 0 Å². The molecule has 1 atom stereocenters. The third kappa shape index (κ3) is 3.08. The smallest absolute Gasteiger partial charge is 0.261 e. The summed E-state index contributed by atoms with van der Waals surface area (Å²) in [6, 6.07) is 1.87. The Kier molecular flexibility index (Phi) is 3.96. The molecule has 2 rings (SSSR count). The van der Waals surface area contributed by atoms with E-state index >= 15 is 0 Å². The van der Waals surface area contributed by atoms with Crippen molar-refractivity contribution in [2.75, 3.05) is 6.61 Å². The minimum atomic E-state index is -0.793. The lowest BCUT2D eigenvalue weighted by Gasteiger charge is -2.21. The molecule has 0 saturated carbocycles. The van der Waals surface area contributed by atoms with Crippen LogP contribution in [0.5, 0.6) is 0 Å². The number of nitrogens with zero attached hydrogens (tertiary/aromatic N) is 2. The highest BCUT2D eigenvalue weighted by Crippen LogP contribution is 2.26. The molecule has 20 heavy (non-hydrogen) atoms. The van der Waals surface area contributed by atoms with Crippen LogP contribution in [0.4, 0.5) is 0 Å². The highest BCUT2D eigenvalue weighted by molar-refractivity contribution is 5.56. The SMILES string of the molecule is Cc1cc(-c2nc(C(C)(N)COC(C)C)no2)c(C)o1. The Hall–Kier alpha value is -1.66. The van der Waals surface area contributed by atoms with Gasteiger partial charge in [-0.15, -0.1) is 0 Å². The summed E-state index contributed by atoms with van der Waals surface area (Å²) in [6.07, 6.45) is 0.100. The molecule has 2 heterocycles. The molecule has 0 saturated heterocycles. The summed E-state index contributed by atoms with van der Waals surface area (Å²) in [5.41, 5.74) is 6.19. The van der Waals surface area contributed by atoms with Crippen LogP contribution in [-0.4, -0.2) is 22.9 Å². The fourth-order valence-corrected chi connectivity index (χ4v) is 1.81. The van der Waals surface area contributed by atoms with Crippen molar-refractivity contribution in [3.63, 3.8) is 0 Å². The van der Waals surface area contributed by atoms with Gasteiger partial charge in [0.05, 0.1) is 18.3 Å². The molecule has 2 aromatic rings. The first-order chi connectivity index (χ1) is 9.29. The molecule has 0 aromatic carbocycles. The van der Waals surface area contributed by atoms with Crippen molar-refractivity contribution in [1.29, 1.82) is 0 Å². The molecule has 0 amide bonds. The quantitative estimate of drug-likeness (QED) is 0.905. The molecule has 6 heteroatoms. The zero-order valence-electron chi connectivity index (χ0n) is 12.6. The second-order valence-electron chi connectivity index (χ2n) is 5.53. The predicted molar refractivity (Wildman–Crippen MR) is 74.1 cm³/mol. The summed E-state index contributed by atoms with van der Waals surface area (Å²) in [5, 5.41) is 3.96. The maximum atomic E-state index is 6.19. The number of rotatable bonds is 5. The first kappa shape index (κ1) is 14.7. The number of aromatic nitrogens is 2. The number of hydrogen-bond acceptors (Lipinski definition) is 6. The molecule has 2 aromatic heterocycles. The van der Waals surface area contributed by atoms with E-state index in [4.69, 9.17) is 19.4 Å². The Morgan fingerprint density at radius 3 is 2.65 bits per heavy atom. The van der Waals surface area contributed by atoms with Gasteiger partial charge in [0.15, 0.2) is 5.82 Å². The number of aryl methyl sites for hydroxylation is 2. The topological polar surface area (TPSA) is 87.3 Å². The van der Waals surface area contributed by atoms with E-state index in [0.29, 0.717) is 18.3 Å². The van der Waals surface area contributed by atoms with Crippen molar-refractivity contribution in [1.82, 2.24) is 10.1 Å². The van der Waals surface area contributed by atoms with Crippen molar-refractivity contribution >= 4 is 0 Å². The molecular weight excluding hydrogens is 258 g/mol. The van der Waals surface area contributed by atoms with Gasteiger partial charge in [-0.2, -0.15) is 4.98 Å². The third-order valence-corrected chi connectivity index (χ3v) is 2.92. The van der Waals surface area contributed by atoms with Gasteiger partial charge in [-0.25, -0.2) is 0 Å². The molecular formula is C14H21N3O3. The molecule has 0 radical (unpaired) electrons. The molecule has 0 fully saturated rings. The molecule has 0 aliphatic rings. The van der Waals surface area contributed by atoms with Gasteiger partial charge >= 0.3 is 0 Å². The minimum absolute atomic E-state index is 0.100. The van der Waals surface area contributed by atoms with Crippen molar-refractivity contribution in [3.8, 4) is 11.5 Å². The van der Waals surface area contributed by atoms with Gasteiger partial charge < -0.3 is 19.4 Å². The second-order valence-corrected chi connectivity index (χ2v) is 5.53. The summed E-state index contributed by atoms with van der Waals surface area (Å²) in [4.78, 5) is 4.36. The Labute approximate surface area is 118 Å². The van der Waals surface area contributed by atoms with Gasteiger partial charge in [0.2, 0.25) is 0 Å². The number of ether oxygens (including phenoxy) is 1. The van der Waals surface area contributed by atoms with Gasteiger partial charge in [0, 0.05) is 0 Å². The van der Waals surface area contributed by atoms with E-state index < -0.39 is 5.54 Å². The molecule has 0 aliphatic heterocycles. The number of hydrogen-bond donors (Lipinski definition) is 1. The van der Waals surface area contributed by atoms with Gasteiger partial charge in [0.1, 0.15) is 17.1 Å². The first-order valence-corrected chi connectivity index (χ1v) is 6.61. The minimum Gasteiger partial charge on any atom is -0.466 e. The molecule has 110 valence electrons. The maximum absolute atomic E-state index is 6.19. The van der Waals surface area contributed by atoms with Gasteiger partial charge in [-0.1, -0.05) is 5.16 Å².